The summed E-state index contributed by atoms with van der Waals surface area (Å²) in [4.78, 5) is 0. The number of aliphatic hydroxyl groups is 1. The highest BCUT2D eigenvalue weighted by molar-refractivity contribution is 5.35. The Balaban J connectivity index is 2.50. The molecule has 0 aromatic heterocycles. The fraction of sp³-hybridized carbons (Fsp3) is 0.571. The van der Waals surface area contributed by atoms with Gasteiger partial charge in [0.15, 0.2) is 0 Å². The Bertz CT molecular complexity index is 342. The van der Waals surface area contributed by atoms with E-state index < -0.39 is 6.10 Å². The number of para-hydroxylation sites is 1. The van der Waals surface area contributed by atoms with E-state index >= 15 is 0 Å². The molecule has 0 bridgehead atoms. The van der Waals surface area contributed by atoms with Crippen LogP contribution in [0.1, 0.15) is 11.7 Å². The van der Waals surface area contributed by atoms with Crippen LogP contribution in [-0.4, -0.2) is 52.4 Å². The van der Waals surface area contributed by atoms with Gasteiger partial charge in [-0.15, -0.1) is 0 Å². The molecule has 0 aliphatic heterocycles. The molecule has 5 heteroatoms. The molecule has 0 saturated carbocycles. The first kappa shape index (κ1) is 15.9. The summed E-state index contributed by atoms with van der Waals surface area (Å²) in [6.07, 6.45) is -0.712. The summed E-state index contributed by atoms with van der Waals surface area (Å²) in [5.74, 6) is 0.655. The molecule has 1 aromatic carbocycles. The van der Waals surface area contributed by atoms with Crippen LogP contribution in [0.15, 0.2) is 24.3 Å². The first-order valence-corrected chi connectivity index (χ1v) is 6.25. The maximum Gasteiger partial charge on any atom is 0.125 e. The highest BCUT2D eigenvalue weighted by Gasteiger charge is 2.13. The monoisotopic (exact) mass is 270 g/mol. The molecule has 0 saturated heterocycles. The van der Waals surface area contributed by atoms with E-state index in [2.05, 4.69) is 0 Å². The van der Waals surface area contributed by atoms with Crippen LogP contribution in [0.25, 0.3) is 0 Å². The van der Waals surface area contributed by atoms with Gasteiger partial charge in [0.25, 0.3) is 0 Å². The second-order valence-electron chi connectivity index (χ2n) is 3.96. The Morgan fingerprint density at radius 1 is 1.00 bits per heavy atom. The van der Waals surface area contributed by atoms with Gasteiger partial charge in [0.2, 0.25) is 0 Å². The minimum atomic E-state index is -0.712. The standard InChI is InChI=1S/C14H22O5/c1-16-7-9-18-11-13(15)12-5-3-4-6-14(12)19-10-8-17-2/h3-6,13,15H,7-11H2,1-2H3. The molecule has 1 aromatic rings. The summed E-state index contributed by atoms with van der Waals surface area (Å²) in [5.41, 5.74) is 0.719. The molecular weight excluding hydrogens is 248 g/mol. The van der Waals surface area contributed by atoms with Crippen molar-refractivity contribution in [3.05, 3.63) is 29.8 Å². The second kappa shape index (κ2) is 9.75. The molecule has 0 fully saturated rings. The summed E-state index contributed by atoms with van der Waals surface area (Å²) in [5, 5.41) is 10.1. The lowest BCUT2D eigenvalue weighted by molar-refractivity contribution is 0.0114. The molecule has 1 N–H and O–H groups in total. The number of ether oxygens (including phenoxy) is 4. The Labute approximate surface area is 114 Å². The van der Waals surface area contributed by atoms with Crippen molar-refractivity contribution in [1.29, 1.82) is 0 Å². The predicted molar refractivity (Wildman–Crippen MR) is 71.5 cm³/mol. The molecule has 108 valence electrons. The summed E-state index contributed by atoms with van der Waals surface area (Å²) >= 11 is 0. The minimum absolute atomic E-state index is 0.216. The smallest absolute Gasteiger partial charge is 0.125 e. The molecule has 1 unspecified atom stereocenters. The first-order valence-electron chi connectivity index (χ1n) is 6.25. The third-order valence-corrected chi connectivity index (χ3v) is 2.53. The molecular formula is C14H22O5. The van der Waals surface area contributed by atoms with E-state index in [9.17, 15) is 5.11 Å². The van der Waals surface area contributed by atoms with Crippen LogP contribution in [0, 0.1) is 0 Å². The molecule has 0 amide bonds. The van der Waals surface area contributed by atoms with E-state index in [4.69, 9.17) is 18.9 Å². The van der Waals surface area contributed by atoms with Crippen LogP contribution in [-0.2, 0) is 14.2 Å². The van der Waals surface area contributed by atoms with Crippen LogP contribution in [0.2, 0.25) is 0 Å². The van der Waals surface area contributed by atoms with E-state index in [-0.39, 0.29) is 6.61 Å². The highest BCUT2D eigenvalue weighted by atomic mass is 16.5. The molecule has 1 atom stereocenters. The number of hydrogen-bond acceptors (Lipinski definition) is 5. The van der Waals surface area contributed by atoms with Crippen LogP contribution in [0.5, 0.6) is 5.75 Å². The normalized spacial score (nSPS) is 12.4. The summed E-state index contributed by atoms with van der Waals surface area (Å²) in [6.45, 7) is 2.15. The highest BCUT2D eigenvalue weighted by Crippen LogP contribution is 2.25. The van der Waals surface area contributed by atoms with Gasteiger partial charge in [-0.2, -0.15) is 0 Å². The summed E-state index contributed by atoms with van der Waals surface area (Å²) in [6, 6.07) is 7.37. The van der Waals surface area contributed by atoms with Crippen molar-refractivity contribution in [2.75, 3.05) is 47.3 Å². The largest absolute Gasteiger partial charge is 0.491 e. The second-order valence-corrected chi connectivity index (χ2v) is 3.96. The number of rotatable bonds is 10. The maximum absolute atomic E-state index is 10.1. The van der Waals surface area contributed by atoms with E-state index in [1.165, 1.54) is 0 Å². The first-order chi connectivity index (χ1) is 9.29. The number of hydrogen-bond donors (Lipinski definition) is 1. The van der Waals surface area contributed by atoms with Gasteiger partial charge >= 0.3 is 0 Å². The SMILES string of the molecule is COCCOCC(O)c1ccccc1OCCOC. The van der Waals surface area contributed by atoms with Gasteiger partial charge in [0.1, 0.15) is 18.5 Å². The molecule has 5 nitrogen and oxygen atoms in total. The van der Waals surface area contributed by atoms with Crippen LogP contribution >= 0.6 is 0 Å². The van der Waals surface area contributed by atoms with Crippen molar-refractivity contribution in [2.45, 2.75) is 6.10 Å². The van der Waals surface area contributed by atoms with E-state index in [0.29, 0.717) is 32.2 Å². The van der Waals surface area contributed by atoms with Crippen molar-refractivity contribution in [1.82, 2.24) is 0 Å². The number of methoxy groups -OCH3 is 2. The fourth-order valence-electron chi connectivity index (χ4n) is 1.55. The topological polar surface area (TPSA) is 57.2 Å². The summed E-state index contributed by atoms with van der Waals surface area (Å²) in [7, 11) is 3.23. The van der Waals surface area contributed by atoms with E-state index in [0.717, 1.165) is 5.56 Å². The zero-order chi connectivity index (χ0) is 13.9. The lowest BCUT2D eigenvalue weighted by atomic mass is 10.1. The lowest BCUT2D eigenvalue weighted by Crippen LogP contribution is -2.13. The zero-order valence-corrected chi connectivity index (χ0v) is 11.5. The third kappa shape index (κ3) is 6.02. The Hall–Kier alpha value is -1.14. The van der Waals surface area contributed by atoms with Crippen molar-refractivity contribution >= 4 is 0 Å². The predicted octanol–water partition coefficient (Wildman–Crippen LogP) is 1.41. The van der Waals surface area contributed by atoms with Crippen molar-refractivity contribution in [2.24, 2.45) is 0 Å². The molecule has 0 heterocycles. The molecule has 19 heavy (non-hydrogen) atoms. The quantitative estimate of drug-likeness (QED) is 0.651. The average Bonchev–Trinajstić information content (AvgIpc) is 2.44. The molecule has 0 aliphatic rings. The molecule has 0 radical (unpaired) electrons. The fourth-order valence-corrected chi connectivity index (χ4v) is 1.55. The van der Waals surface area contributed by atoms with Crippen LogP contribution in [0.4, 0.5) is 0 Å². The van der Waals surface area contributed by atoms with Gasteiger partial charge in [0, 0.05) is 19.8 Å². The number of benzene rings is 1. The van der Waals surface area contributed by atoms with Crippen LogP contribution < -0.4 is 4.74 Å². The Kier molecular flexibility index (Phi) is 8.16. The van der Waals surface area contributed by atoms with Gasteiger partial charge in [-0.1, -0.05) is 18.2 Å². The van der Waals surface area contributed by atoms with Crippen molar-refractivity contribution in [3.63, 3.8) is 0 Å². The van der Waals surface area contributed by atoms with E-state index in [1.54, 1.807) is 14.2 Å². The minimum Gasteiger partial charge on any atom is -0.491 e. The molecule has 0 spiro atoms. The van der Waals surface area contributed by atoms with E-state index in [1.807, 2.05) is 24.3 Å². The zero-order valence-electron chi connectivity index (χ0n) is 11.5. The van der Waals surface area contributed by atoms with Gasteiger partial charge in [-0.25, -0.2) is 0 Å². The van der Waals surface area contributed by atoms with Crippen LogP contribution in [0.3, 0.4) is 0 Å². The maximum atomic E-state index is 10.1. The lowest BCUT2D eigenvalue weighted by Gasteiger charge is -2.16. The van der Waals surface area contributed by atoms with Gasteiger partial charge in [-0.05, 0) is 6.07 Å². The Morgan fingerprint density at radius 3 is 2.42 bits per heavy atom. The van der Waals surface area contributed by atoms with Gasteiger partial charge < -0.3 is 24.1 Å². The average molecular weight is 270 g/mol. The summed E-state index contributed by atoms with van der Waals surface area (Å²) < 4.78 is 20.7. The third-order valence-electron chi connectivity index (χ3n) is 2.53. The van der Waals surface area contributed by atoms with Gasteiger partial charge in [0.05, 0.1) is 26.4 Å². The van der Waals surface area contributed by atoms with Gasteiger partial charge in [-0.3, -0.25) is 0 Å². The molecule has 1 rings (SSSR count). The molecule has 0 aliphatic carbocycles. The van der Waals surface area contributed by atoms with Crippen molar-refractivity contribution in [3.8, 4) is 5.75 Å². The van der Waals surface area contributed by atoms with Crippen molar-refractivity contribution < 1.29 is 24.1 Å². The Morgan fingerprint density at radius 2 is 1.68 bits per heavy atom. The number of aliphatic hydroxyl groups excluding tert-OH is 1.